The van der Waals surface area contributed by atoms with Gasteiger partial charge in [0.15, 0.2) is 0 Å². The van der Waals surface area contributed by atoms with E-state index >= 15 is 0 Å². The monoisotopic (exact) mass is 374 g/mol. The number of aliphatic carboxylic acids is 1. The Kier molecular flexibility index (Phi) is 6.65. The SMILES string of the molecule is C[C@]12CC[C@@H](O)[C@H](C#CC(O)C3CCCCC3)[C@H]1C/C2=C/CCCC(=O)O. The van der Waals surface area contributed by atoms with Gasteiger partial charge in [-0.2, -0.15) is 0 Å². The Morgan fingerprint density at radius 3 is 2.74 bits per heavy atom. The van der Waals surface area contributed by atoms with Crippen LogP contribution in [0, 0.1) is 35.0 Å². The predicted octanol–water partition coefficient (Wildman–Crippen LogP) is 3.91. The zero-order chi connectivity index (χ0) is 19.4. The summed E-state index contributed by atoms with van der Waals surface area (Å²) in [6, 6.07) is 0. The Hall–Kier alpha value is -1.31. The first-order valence-electron chi connectivity index (χ1n) is 10.7. The molecule has 150 valence electrons. The first-order chi connectivity index (χ1) is 12.9. The molecule has 0 saturated heterocycles. The summed E-state index contributed by atoms with van der Waals surface area (Å²) in [6.45, 7) is 2.27. The first-order valence-corrected chi connectivity index (χ1v) is 10.7. The predicted molar refractivity (Wildman–Crippen MR) is 105 cm³/mol. The van der Waals surface area contributed by atoms with Gasteiger partial charge in [0.25, 0.3) is 0 Å². The third kappa shape index (κ3) is 4.58. The summed E-state index contributed by atoms with van der Waals surface area (Å²) >= 11 is 0. The number of hydrogen-bond acceptors (Lipinski definition) is 3. The molecule has 3 saturated carbocycles. The minimum absolute atomic E-state index is 0.0573. The number of fused-ring (bicyclic) bond motifs is 1. The molecule has 0 aromatic carbocycles. The summed E-state index contributed by atoms with van der Waals surface area (Å²) < 4.78 is 0. The molecule has 0 bridgehead atoms. The smallest absolute Gasteiger partial charge is 0.303 e. The maximum absolute atomic E-state index is 10.7. The van der Waals surface area contributed by atoms with E-state index < -0.39 is 18.2 Å². The second-order valence-electron chi connectivity index (χ2n) is 9.01. The molecular formula is C23H34O4. The standard InChI is InChI=1S/C23H34O4/c1-23-14-13-21(25)18(11-12-20(24)16-7-3-2-4-8-16)19(23)15-17(23)9-5-6-10-22(26)27/h9,16,18-21,24-25H,2-8,10,13-15H2,1H3,(H,26,27)/b17-9-/t18-,19-,20?,21-,23-/m1/s1. The molecule has 0 spiro atoms. The van der Waals surface area contributed by atoms with Gasteiger partial charge < -0.3 is 15.3 Å². The number of carbonyl (C=O) groups is 1. The van der Waals surface area contributed by atoms with Crippen LogP contribution in [0.2, 0.25) is 0 Å². The highest BCUT2D eigenvalue weighted by Gasteiger charge is 2.54. The van der Waals surface area contributed by atoms with Crippen molar-refractivity contribution in [3.63, 3.8) is 0 Å². The van der Waals surface area contributed by atoms with Gasteiger partial charge in [0.05, 0.1) is 12.0 Å². The summed E-state index contributed by atoms with van der Waals surface area (Å²) in [4.78, 5) is 10.7. The van der Waals surface area contributed by atoms with Gasteiger partial charge in [-0.25, -0.2) is 0 Å². The molecule has 3 aliphatic carbocycles. The van der Waals surface area contributed by atoms with Gasteiger partial charge in [-0.15, -0.1) is 0 Å². The molecule has 3 N–H and O–H groups in total. The topological polar surface area (TPSA) is 77.8 Å². The van der Waals surface area contributed by atoms with E-state index in [1.165, 1.54) is 24.8 Å². The highest BCUT2D eigenvalue weighted by molar-refractivity contribution is 5.66. The summed E-state index contributed by atoms with van der Waals surface area (Å²) in [5.74, 6) is 6.21. The molecule has 27 heavy (non-hydrogen) atoms. The number of aliphatic hydroxyl groups excluding tert-OH is 2. The average molecular weight is 375 g/mol. The van der Waals surface area contributed by atoms with Crippen LogP contribution in [0.4, 0.5) is 0 Å². The van der Waals surface area contributed by atoms with Crippen LogP contribution in [-0.4, -0.2) is 33.5 Å². The zero-order valence-electron chi connectivity index (χ0n) is 16.5. The molecule has 1 unspecified atom stereocenters. The van der Waals surface area contributed by atoms with Crippen molar-refractivity contribution in [2.45, 2.75) is 89.8 Å². The van der Waals surface area contributed by atoms with Crippen molar-refractivity contribution in [3.8, 4) is 11.8 Å². The van der Waals surface area contributed by atoms with E-state index in [4.69, 9.17) is 5.11 Å². The lowest BCUT2D eigenvalue weighted by Gasteiger charge is -2.57. The van der Waals surface area contributed by atoms with Gasteiger partial charge in [0, 0.05) is 6.42 Å². The Bertz CT molecular complexity index is 622. The third-order valence-electron chi connectivity index (χ3n) is 7.28. The van der Waals surface area contributed by atoms with E-state index in [0.29, 0.717) is 18.3 Å². The van der Waals surface area contributed by atoms with Crippen molar-refractivity contribution in [1.82, 2.24) is 0 Å². The number of aliphatic hydroxyl groups is 2. The van der Waals surface area contributed by atoms with Gasteiger partial charge in [-0.3, -0.25) is 4.79 Å². The lowest BCUT2D eigenvalue weighted by atomic mass is 9.48. The molecule has 3 rings (SSSR count). The molecule has 0 aromatic heterocycles. The van der Waals surface area contributed by atoms with Crippen molar-refractivity contribution in [2.24, 2.45) is 23.2 Å². The van der Waals surface area contributed by atoms with Gasteiger partial charge in [0.2, 0.25) is 0 Å². The fourth-order valence-corrected chi connectivity index (χ4v) is 5.36. The molecule has 3 aliphatic rings. The van der Waals surface area contributed by atoms with Crippen LogP contribution < -0.4 is 0 Å². The van der Waals surface area contributed by atoms with Gasteiger partial charge in [-0.1, -0.05) is 49.7 Å². The van der Waals surface area contributed by atoms with Crippen LogP contribution in [-0.2, 0) is 4.79 Å². The maximum atomic E-state index is 10.7. The zero-order valence-corrected chi connectivity index (χ0v) is 16.5. The molecule has 4 nitrogen and oxygen atoms in total. The minimum atomic E-state index is -0.737. The second kappa shape index (κ2) is 8.80. The number of unbranched alkanes of at least 4 members (excludes halogenated alkanes) is 1. The van der Waals surface area contributed by atoms with Crippen molar-refractivity contribution in [1.29, 1.82) is 0 Å². The Morgan fingerprint density at radius 1 is 1.30 bits per heavy atom. The Labute approximate surface area is 163 Å². The summed E-state index contributed by atoms with van der Waals surface area (Å²) in [6.07, 6.45) is 11.4. The van der Waals surface area contributed by atoms with E-state index in [0.717, 1.165) is 38.5 Å². The van der Waals surface area contributed by atoms with Crippen molar-refractivity contribution in [3.05, 3.63) is 11.6 Å². The Morgan fingerprint density at radius 2 is 2.04 bits per heavy atom. The lowest BCUT2D eigenvalue weighted by Crippen LogP contribution is -2.51. The van der Waals surface area contributed by atoms with Gasteiger partial charge in [0.1, 0.15) is 6.10 Å². The molecule has 0 amide bonds. The van der Waals surface area contributed by atoms with Crippen LogP contribution in [0.5, 0.6) is 0 Å². The molecule has 0 aromatic rings. The van der Waals surface area contributed by atoms with Crippen LogP contribution >= 0.6 is 0 Å². The number of carboxylic acid groups (broad SMARTS) is 1. The number of hydrogen-bond donors (Lipinski definition) is 3. The van der Waals surface area contributed by atoms with Crippen molar-refractivity contribution < 1.29 is 20.1 Å². The van der Waals surface area contributed by atoms with Crippen molar-refractivity contribution in [2.75, 3.05) is 0 Å². The third-order valence-corrected chi connectivity index (χ3v) is 7.28. The highest BCUT2D eigenvalue weighted by atomic mass is 16.4. The largest absolute Gasteiger partial charge is 0.481 e. The van der Waals surface area contributed by atoms with Crippen molar-refractivity contribution >= 4 is 5.97 Å². The van der Waals surface area contributed by atoms with E-state index in [1.54, 1.807) is 0 Å². The van der Waals surface area contributed by atoms with E-state index in [1.807, 2.05) is 0 Å². The molecule has 4 heteroatoms. The van der Waals surface area contributed by atoms with E-state index in [9.17, 15) is 15.0 Å². The fraction of sp³-hybridized carbons (Fsp3) is 0.783. The van der Waals surface area contributed by atoms with Gasteiger partial charge in [-0.05, 0) is 62.2 Å². The molecule has 3 fully saturated rings. The van der Waals surface area contributed by atoms with Gasteiger partial charge >= 0.3 is 5.97 Å². The number of allylic oxidation sites excluding steroid dienone is 2. The lowest BCUT2D eigenvalue weighted by molar-refractivity contribution is -0.137. The molecule has 0 aliphatic heterocycles. The summed E-state index contributed by atoms with van der Waals surface area (Å²) in [5.41, 5.74) is 1.49. The fourth-order valence-electron chi connectivity index (χ4n) is 5.36. The van der Waals surface area contributed by atoms with Crippen LogP contribution in [0.1, 0.15) is 77.6 Å². The van der Waals surface area contributed by atoms with E-state index in [2.05, 4.69) is 24.8 Å². The van der Waals surface area contributed by atoms with Crippen LogP contribution in [0.3, 0.4) is 0 Å². The first kappa shape index (κ1) is 20.4. The second-order valence-corrected chi connectivity index (χ2v) is 9.01. The molecular weight excluding hydrogens is 340 g/mol. The minimum Gasteiger partial charge on any atom is -0.481 e. The number of carboxylic acids is 1. The van der Waals surface area contributed by atoms with E-state index in [-0.39, 0.29) is 17.8 Å². The highest BCUT2D eigenvalue weighted by Crippen LogP contribution is 2.60. The molecule has 5 atom stereocenters. The summed E-state index contributed by atoms with van der Waals surface area (Å²) in [7, 11) is 0. The quantitative estimate of drug-likeness (QED) is 0.387. The van der Waals surface area contributed by atoms with Crippen LogP contribution in [0.25, 0.3) is 0 Å². The average Bonchev–Trinajstić information content (AvgIpc) is 2.65. The molecule has 0 heterocycles. The normalized spacial score (nSPS) is 36.3. The summed E-state index contributed by atoms with van der Waals surface area (Å²) in [5, 5.41) is 29.7. The molecule has 0 radical (unpaired) electrons. The Balaban J connectivity index is 1.61. The van der Waals surface area contributed by atoms with Crippen LogP contribution in [0.15, 0.2) is 11.6 Å². The maximum Gasteiger partial charge on any atom is 0.303 e. The number of rotatable bonds is 5.